The second-order valence-electron chi connectivity index (χ2n) is 9.86. The zero-order valence-electron chi connectivity index (χ0n) is 23.1. The number of aromatic nitrogens is 1. The van der Waals surface area contributed by atoms with Crippen molar-refractivity contribution in [2.24, 2.45) is 5.92 Å². The van der Waals surface area contributed by atoms with Gasteiger partial charge in [0.05, 0.1) is 26.3 Å². The zero-order valence-corrected chi connectivity index (χ0v) is 23.1. The summed E-state index contributed by atoms with van der Waals surface area (Å²) < 4.78 is 11.5. The van der Waals surface area contributed by atoms with Crippen LogP contribution in [-0.4, -0.2) is 77.8 Å². The predicted octanol–water partition coefficient (Wildman–Crippen LogP) is 3.87. The van der Waals surface area contributed by atoms with Crippen LogP contribution in [0.25, 0.3) is 0 Å². The minimum absolute atomic E-state index is 0.169. The molecule has 3 amide bonds. The average molecular weight is 543 g/mol. The fourth-order valence-electron chi connectivity index (χ4n) is 4.33. The van der Waals surface area contributed by atoms with E-state index in [2.05, 4.69) is 22.1 Å². The van der Waals surface area contributed by atoms with Gasteiger partial charge in [0.25, 0.3) is 5.91 Å². The monoisotopic (exact) mass is 542 g/mol. The van der Waals surface area contributed by atoms with Crippen molar-refractivity contribution >= 4 is 17.6 Å². The van der Waals surface area contributed by atoms with Gasteiger partial charge in [0.2, 0.25) is 5.88 Å². The van der Waals surface area contributed by atoms with Crippen molar-refractivity contribution in [3.8, 4) is 23.5 Å². The Kier molecular flexibility index (Phi) is 9.25. The Bertz CT molecular complexity index is 1400. The lowest BCUT2D eigenvalue weighted by molar-refractivity contribution is 0.0356. The maximum atomic E-state index is 13.6. The lowest BCUT2D eigenvalue weighted by Gasteiger charge is -2.37. The molecular formula is C31H34N4O5. The molecular weight excluding hydrogens is 508 g/mol. The number of carbonyl (C=O) groups excluding carboxylic acids is 2. The van der Waals surface area contributed by atoms with Crippen molar-refractivity contribution in [3.63, 3.8) is 0 Å². The van der Waals surface area contributed by atoms with E-state index in [1.54, 1.807) is 62.5 Å². The molecule has 1 aliphatic heterocycles. The molecule has 2 heterocycles. The maximum Gasteiger partial charge on any atom is 0.321 e. The van der Waals surface area contributed by atoms with Gasteiger partial charge in [0.1, 0.15) is 17.4 Å². The normalized spacial score (nSPS) is 17.2. The first-order chi connectivity index (χ1) is 19.3. The minimum Gasteiger partial charge on any atom is -0.497 e. The summed E-state index contributed by atoms with van der Waals surface area (Å²) in [5, 5.41) is 12.8. The lowest BCUT2D eigenvalue weighted by atomic mass is 10.00. The second-order valence-corrected chi connectivity index (χ2v) is 9.86. The summed E-state index contributed by atoms with van der Waals surface area (Å²) in [7, 11) is 3.25. The number of amides is 3. The Morgan fingerprint density at radius 3 is 2.67 bits per heavy atom. The largest absolute Gasteiger partial charge is 0.497 e. The molecule has 1 aromatic heterocycles. The summed E-state index contributed by atoms with van der Waals surface area (Å²) in [6, 6.07) is 17.6. The van der Waals surface area contributed by atoms with E-state index in [-0.39, 0.29) is 42.5 Å². The number of methoxy groups -OCH3 is 1. The smallest absolute Gasteiger partial charge is 0.321 e. The Morgan fingerprint density at radius 2 is 1.95 bits per heavy atom. The molecule has 9 heteroatoms. The van der Waals surface area contributed by atoms with Crippen molar-refractivity contribution in [2.45, 2.75) is 26.0 Å². The molecule has 4 rings (SSSR count). The van der Waals surface area contributed by atoms with Crippen LogP contribution in [0.1, 0.15) is 35.3 Å². The Balaban J connectivity index is 1.59. The van der Waals surface area contributed by atoms with Crippen LogP contribution in [0, 0.1) is 17.8 Å². The van der Waals surface area contributed by atoms with Gasteiger partial charge in [0.15, 0.2) is 0 Å². The highest BCUT2D eigenvalue weighted by Crippen LogP contribution is 2.27. The fourth-order valence-corrected chi connectivity index (χ4v) is 4.33. The summed E-state index contributed by atoms with van der Waals surface area (Å²) in [4.78, 5) is 34.2. The van der Waals surface area contributed by atoms with Crippen molar-refractivity contribution in [3.05, 3.63) is 83.6 Å². The third kappa shape index (κ3) is 6.90. The van der Waals surface area contributed by atoms with Crippen molar-refractivity contribution in [1.29, 1.82) is 0 Å². The highest BCUT2D eigenvalue weighted by molar-refractivity contribution is 5.97. The van der Waals surface area contributed by atoms with E-state index in [1.165, 1.54) is 4.90 Å². The van der Waals surface area contributed by atoms with E-state index in [0.717, 1.165) is 5.56 Å². The van der Waals surface area contributed by atoms with Gasteiger partial charge in [-0.15, -0.1) is 0 Å². The SMILES string of the molecule is COc1cccc(NC(=O)N(C)C[C@H]2Oc3ncc(C#Cc4ccccc4)cc3C(=O)N([C@H](C)CO)C[C@@H]2C)c1. The summed E-state index contributed by atoms with van der Waals surface area (Å²) >= 11 is 0. The first-order valence-electron chi connectivity index (χ1n) is 13.1. The molecule has 0 saturated heterocycles. The molecule has 0 radical (unpaired) electrons. The number of hydrogen-bond donors (Lipinski definition) is 2. The van der Waals surface area contributed by atoms with Gasteiger partial charge >= 0.3 is 6.03 Å². The standard InChI is InChI=1S/C31H34N4O5/c1-21-18-35(22(2)20-36)30(37)27-15-24(14-13-23-9-6-5-7-10-23)17-32-29(27)40-28(21)19-34(3)31(38)33-25-11-8-12-26(16-25)39-4/h5-12,15-17,21-22,28,36H,18-20H2,1-4H3,(H,33,38)/t21-,22+,28+/m0/s1. The number of aliphatic hydroxyl groups is 1. The number of aliphatic hydroxyl groups excluding tert-OH is 1. The van der Waals surface area contributed by atoms with E-state index >= 15 is 0 Å². The Labute approximate surface area is 234 Å². The molecule has 0 aliphatic carbocycles. The summed E-state index contributed by atoms with van der Waals surface area (Å²) in [6.45, 7) is 4.12. The number of pyridine rings is 1. The summed E-state index contributed by atoms with van der Waals surface area (Å²) in [5.41, 5.74) is 2.28. The molecule has 208 valence electrons. The minimum atomic E-state index is -0.477. The van der Waals surface area contributed by atoms with Gasteiger partial charge in [0, 0.05) is 48.6 Å². The number of rotatable bonds is 6. The van der Waals surface area contributed by atoms with E-state index in [4.69, 9.17) is 9.47 Å². The van der Waals surface area contributed by atoms with Crippen LogP contribution >= 0.6 is 0 Å². The first kappa shape index (κ1) is 28.5. The molecule has 0 bridgehead atoms. The van der Waals surface area contributed by atoms with E-state index in [0.29, 0.717) is 23.5 Å². The van der Waals surface area contributed by atoms with Gasteiger partial charge in [-0.25, -0.2) is 9.78 Å². The Morgan fingerprint density at radius 1 is 1.20 bits per heavy atom. The van der Waals surface area contributed by atoms with Gasteiger partial charge in [-0.1, -0.05) is 43.0 Å². The van der Waals surface area contributed by atoms with Crippen LogP contribution in [0.2, 0.25) is 0 Å². The topological polar surface area (TPSA) is 104 Å². The number of nitrogens with zero attached hydrogens (tertiary/aromatic N) is 3. The molecule has 0 spiro atoms. The maximum absolute atomic E-state index is 13.6. The molecule has 2 aromatic carbocycles. The average Bonchev–Trinajstić information content (AvgIpc) is 2.98. The first-order valence-corrected chi connectivity index (χ1v) is 13.1. The van der Waals surface area contributed by atoms with E-state index in [1.807, 2.05) is 37.3 Å². The second kappa shape index (κ2) is 13.0. The number of likely N-dealkylation sites (N-methyl/N-ethyl adjacent to an activating group) is 1. The molecule has 40 heavy (non-hydrogen) atoms. The summed E-state index contributed by atoms with van der Waals surface area (Å²) in [6.07, 6.45) is 1.10. The van der Waals surface area contributed by atoms with Crippen molar-refractivity contribution < 1.29 is 24.2 Å². The number of hydrogen-bond acceptors (Lipinski definition) is 6. The van der Waals surface area contributed by atoms with Crippen LogP contribution in [0.3, 0.4) is 0 Å². The van der Waals surface area contributed by atoms with Crippen LogP contribution in [0.15, 0.2) is 66.9 Å². The number of urea groups is 1. The van der Waals surface area contributed by atoms with Crippen LogP contribution in [0.5, 0.6) is 11.6 Å². The molecule has 0 unspecified atom stereocenters. The molecule has 1 aliphatic rings. The number of fused-ring (bicyclic) bond motifs is 1. The molecule has 0 saturated carbocycles. The molecule has 9 nitrogen and oxygen atoms in total. The fraction of sp³-hybridized carbons (Fsp3) is 0.323. The molecule has 0 fully saturated rings. The molecule has 3 atom stereocenters. The van der Waals surface area contributed by atoms with Crippen molar-refractivity contribution in [2.75, 3.05) is 39.2 Å². The zero-order chi connectivity index (χ0) is 28.6. The predicted molar refractivity (Wildman–Crippen MR) is 152 cm³/mol. The molecule has 3 aromatic rings. The third-order valence-electron chi connectivity index (χ3n) is 6.77. The quantitative estimate of drug-likeness (QED) is 0.459. The number of nitrogens with one attached hydrogen (secondary N) is 1. The number of ether oxygens (including phenoxy) is 2. The van der Waals surface area contributed by atoms with Gasteiger partial charge in [-0.05, 0) is 37.3 Å². The third-order valence-corrected chi connectivity index (χ3v) is 6.77. The number of anilines is 1. The molecule has 2 N–H and O–H groups in total. The number of carbonyl (C=O) groups is 2. The van der Waals surface area contributed by atoms with Crippen molar-refractivity contribution in [1.82, 2.24) is 14.8 Å². The Hall–Kier alpha value is -4.55. The lowest BCUT2D eigenvalue weighted by Crippen LogP contribution is -2.50. The van der Waals surface area contributed by atoms with E-state index < -0.39 is 12.1 Å². The summed E-state index contributed by atoms with van der Waals surface area (Å²) in [5.74, 6) is 6.49. The van der Waals surface area contributed by atoms with Crippen LogP contribution in [0.4, 0.5) is 10.5 Å². The number of benzene rings is 2. The van der Waals surface area contributed by atoms with E-state index in [9.17, 15) is 14.7 Å². The van der Waals surface area contributed by atoms with Gasteiger partial charge in [-0.2, -0.15) is 0 Å². The van der Waals surface area contributed by atoms with Gasteiger partial charge in [-0.3, -0.25) is 4.79 Å². The highest BCUT2D eigenvalue weighted by Gasteiger charge is 2.34. The van der Waals surface area contributed by atoms with Crippen LogP contribution in [-0.2, 0) is 0 Å². The van der Waals surface area contributed by atoms with Crippen LogP contribution < -0.4 is 14.8 Å². The van der Waals surface area contributed by atoms with Gasteiger partial charge < -0.3 is 29.7 Å². The highest BCUT2D eigenvalue weighted by atomic mass is 16.5.